The fourth-order valence-electron chi connectivity index (χ4n) is 4.61. The molecule has 9 heteroatoms. The van der Waals surface area contributed by atoms with Gasteiger partial charge in [-0.25, -0.2) is 4.68 Å². The highest BCUT2D eigenvalue weighted by Crippen LogP contribution is 2.27. The maximum Gasteiger partial charge on any atom is 0.327 e. The summed E-state index contributed by atoms with van der Waals surface area (Å²) in [6, 6.07) is 14.2. The largest absolute Gasteiger partial charge is 0.465 e. The topological polar surface area (TPSA) is 106 Å². The minimum Gasteiger partial charge on any atom is -0.465 e. The van der Waals surface area contributed by atoms with Crippen molar-refractivity contribution in [1.82, 2.24) is 30.1 Å². The molecular formula is C28H34N6O3. The van der Waals surface area contributed by atoms with Crippen molar-refractivity contribution >= 4 is 16.9 Å². The van der Waals surface area contributed by atoms with Crippen LogP contribution in [0.5, 0.6) is 0 Å². The third kappa shape index (κ3) is 5.94. The highest BCUT2D eigenvalue weighted by atomic mass is 16.5. The van der Waals surface area contributed by atoms with Crippen LogP contribution >= 0.6 is 0 Å². The molecule has 0 fully saturated rings. The molecule has 0 radical (unpaired) electrons. The highest BCUT2D eigenvalue weighted by molar-refractivity contribution is 5.83. The molecule has 9 nitrogen and oxygen atoms in total. The van der Waals surface area contributed by atoms with Gasteiger partial charge in [-0.1, -0.05) is 48.9 Å². The first kappa shape index (κ1) is 26.2. The van der Waals surface area contributed by atoms with E-state index in [0.717, 1.165) is 27.6 Å². The molecule has 0 amide bonds. The molecule has 0 aliphatic carbocycles. The Bertz CT molecular complexity index is 1440. The molecule has 2 aromatic carbocycles. The van der Waals surface area contributed by atoms with E-state index < -0.39 is 5.97 Å². The molecule has 1 atom stereocenters. The van der Waals surface area contributed by atoms with Gasteiger partial charge in [0.05, 0.1) is 18.2 Å². The van der Waals surface area contributed by atoms with Gasteiger partial charge in [-0.15, -0.1) is 5.10 Å². The summed E-state index contributed by atoms with van der Waals surface area (Å²) in [4.78, 5) is 30.7. The Balaban J connectivity index is 1.73. The number of aromatic nitrogens is 5. The second-order valence-corrected chi connectivity index (χ2v) is 9.41. The lowest BCUT2D eigenvalue weighted by atomic mass is 10.0. The van der Waals surface area contributed by atoms with Crippen molar-refractivity contribution in [2.24, 2.45) is 0 Å². The Labute approximate surface area is 216 Å². The van der Waals surface area contributed by atoms with Crippen LogP contribution in [0.25, 0.3) is 10.9 Å². The van der Waals surface area contributed by atoms with Gasteiger partial charge in [0.25, 0.3) is 5.56 Å². The molecule has 1 unspecified atom stereocenters. The third-order valence-electron chi connectivity index (χ3n) is 6.78. The number of hydrogen-bond acceptors (Lipinski definition) is 7. The number of nitrogens with one attached hydrogen (secondary N) is 1. The average Bonchev–Trinajstić information content (AvgIpc) is 3.32. The van der Waals surface area contributed by atoms with Crippen LogP contribution in [0, 0.1) is 20.8 Å². The van der Waals surface area contributed by atoms with E-state index in [0.29, 0.717) is 30.9 Å². The number of rotatable bonds is 10. The molecular weight excluding hydrogens is 468 g/mol. The molecule has 4 rings (SSSR count). The number of tetrazole rings is 1. The van der Waals surface area contributed by atoms with E-state index >= 15 is 0 Å². The van der Waals surface area contributed by atoms with Crippen molar-refractivity contribution in [1.29, 1.82) is 0 Å². The van der Waals surface area contributed by atoms with E-state index in [9.17, 15) is 9.59 Å². The first-order chi connectivity index (χ1) is 17.8. The quantitative estimate of drug-likeness (QED) is 0.325. The van der Waals surface area contributed by atoms with Crippen LogP contribution in [0.1, 0.15) is 60.0 Å². The molecule has 37 heavy (non-hydrogen) atoms. The minimum atomic E-state index is -0.396. The predicted octanol–water partition coefficient (Wildman–Crippen LogP) is 4.16. The molecule has 0 aliphatic rings. The van der Waals surface area contributed by atoms with Crippen LogP contribution in [-0.4, -0.2) is 42.7 Å². The Morgan fingerprint density at radius 1 is 1.08 bits per heavy atom. The van der Waals surface area contributed by atoms with Crippen molar-refractivity contribution in [2.75, 3.05) is 6.61 Å². The van der Waals surface area contributed by atoms with E-state index in [-0.39, 0.29) is 24.8 Å². The number of benzene rings is 2. The molecule has 0 aliphatic heterocycles. The number of aromatic amines is 1. The number of nitrogens with zero attached hydrogens (tertiary/aromatic N) is 5. The van der Waals surface area contributed by atoms with Gasteiger partial charge in [-0.2, -0.15) is 0 Å². The molecule has 1 N–H and O–H groups in total. The third-order valence-corrected chi connectivity index (χ3v) is 6.78. The summed E-state index contributed by atoms with van der Waals surface area (Å²) in [6.07, 6.45) is 0.679. The van der Waals surface area contributed by atoms with Gasteiger partial charge >= 0.3 is 5.97 Å². The van der Waals surface area contributed by atoms with E-state index in [2.05, 4.69) is 62.7 Å². The molecule has 0 saturated carbocycles. The Hall–Kier alpha value is -3.85. The van der Waals surface area contributed by atoms with Crippen LogP contribution < -0.4 is 5.56 Å². The monoisotopic (exact) mass is 502 g/mol. The van der Waals surface area contributed by atoms with Crippen molar-refractivity contribution in [3.05, 3.63) is 86.5 Å². The highest BCUT2D eigenvalue weighted by Gasteiger charge is 2.27. The molecule has 0 saturated heterocycles. The van der Waals surface area contributed by atoms with Gasteiger partial charge in [-0.3, -0.25) is 14.5 Å². The van der Waals surface area contributed by atoms with Crippen LogP contribution in [0.3, 0.4) is 0 Å². The predicted molar refractivity (Wildman–Crippen MR) is 142 cm³/mol. The molecule has 2 aromatic heterocycles. The Morgan fingerprint density at radius 2 is 1.84 bits per heavy atom. The fraction of sp³-hybridized carbons (Fsp3) is 0.393. The Morgan fingerprint density at radius 3 is 2.54 bits per heavy atom. The van der Waals surface area contributed by atoms with E-state index in [1.165, 1.54) is 10.2 Å². The lowest BCUT2D eigenvalue weighted by Gasteiger charge is -2.30. The maximum absolute atomic E-state index is 13.2. The zero-order valence-electron chi connectivity index (χ0n) is 22.1. The summed E-state index contributed by atoms with van der Waals surface area (Å²) in [5.74, 6) is 0.166. The first-order valence-electron chi connectivity index (χ1n) is 12.6. The van der Waals surface area contributed by atoms with Crippen molar-refractivity contribution in [2.45, 2.75) is 66.7 Å². The SMILES string of the molecule is CCOC(=O)Cn1nnnc1C(CC)N(Cc1ccc(C)cc1)Cc1cc2ccc(C)c(C)c2[nH]c1=O. The molecule has 4 aromatic rings. The lowest BCUT2D eigenvalue weighted by molar-refractivity contribution is -0.144. The van der Waals surface area contributed by atoms with Gasteiger partial charge < -0.3 is 9.72 Å². The number of pyridine rings is 1. The number of fused-ring (bicyclic) bond motifs is 1. The smallest absolute Gasteiger partial charge is 0.327 e. The summed E-state index contributed by atoms with van der Waals surface area (Å²) in [5, 5.41) is 13.2. The summed E-state index contributed by atoms with van der Waals surface area (Å²) < 4.78 is 6.60. The Kier molecular flexibility index (Phi) is 8.13. The average molecular weight is 503 g/mol. The number of esters is 1. The zero-order chi connectivity index (χ0) is 26.5. The molecule has 0 spiro atoms. The standard InChI is InChI=1S/C28H34N6O3/c1-6-24(27-30-31-32-34(27)17-25(35)37-7-2)33(15-21-11-8-18(3)9-12-21)16-23-14-22-13-10-19(4)20(5)26(22)29-28(23)36/h8-14,24H,6-7,15-17H2,1-5H3,(H,29,36). The lowest BCUT2D eigenvalue weighted by Crippen LogP contribution is -2.33. The normalized spacial score (nSPS) is 12.3. The van der Waals surface area contributed by atoms with E-state index in [1.807, 2.05) is 32.9 Å². The van der Waals surface area contributed by atoms with Crippen molar-refractivity contribution < 1.29 is 9.53 Å². The number of H-pyrrole nitrogens is 1. The van der Waals surface area contributed by atoms with Crippen molar-refractivity contribution in [3.63, 3.8) is 0 Å². The number of carbonyl (C=O) groups excluding carboxylic acids is 1. The molecule has 194 valence electrons. The van der Waals surface area contributed by atoms with Crippen LogP contribution in [-0.2, 0) is 29.2 Å². The summed E-state index contributed by atoms with van der Waals surface area (Å²) in [5.41, 5.74) is 5.90. The fourth-order valence-corrected chi connectivity index (χ4v) is 4.61. The summed E-state index contributed by atoms with van der Waals surface area (Å²) in [7, 11) is 0. The van der Waals surface area contributed by atoms with Gasteiger partial charge in [0.15, 0.2) is 5.82 Å². The minimum absolute atomic E-state index is 0.0692. The molecule has 2 heterocycles. The summed E-state index contributed by atoms with van der Waals surface area (Å²) in [6.45, 7) is 11.1. The summed E-state index contributed by atoms with van der Waals surface area (Å²) >= 11 is 0. The van der Waals surface area contributed by atoms with E-state index in [4.69, 9.17) is 4.74 Å². The van der Waals surface area contributed by atoms with Gasteiger partial charge in [0, 0.05) is 18.7 Å². The maximum atomic E-state index is 13.2. The van der Waals surface area contributed by atoms with Crippen LogP contribution in [0.4, 0.5) is 0 Å². The van der Waals surface area contributed by atoms with Crippen LogP contribution in [0.2, 0.25) is 0 Å². The number of carbonyl (C=O) groups is 1. The van der Waals surface area contributed by atoms with Gasteiger partial charge in [0.2, 0.25) is 0 Å². The van der Waals surface area contributed by atoms with Crippen LogP contribution in [0.15, 0.2) is 47.3 Å². The number of hydrogen-bond donors (Lipinski definition) is 1. The zero-order valence-corrected chi connectivity index (χ0v) is 22.1. The van der Waals surface area contributed by atoms with E-state index in [1.54, 1.807) is 6.92 Å². The molecule has 0 bridgehead atoms. The van der Waals surface area contributed by atoms with Gasteiger partial charge in [0.1, 0.15) is 6.54 Å². The number of aryl methyl sites for hydroxylation is 3. The second-order valence-electron chi connectivity index (χ2n) is 9.41. The first-order valence-corrected chi connectivity index (χ1v) is 12.6. The van der Waals surface area contributed by atoms with Crippen molar-refractivity contribution in [3.8, 4) is 0 Å². The van der Waals surface area contributed by atoms with Gasteiger partial charge in [-0.05, 0) is 72.7 Å². The second kappa shape index (κ2) is 11.5. The number of ether oxygens (including phenoxy) is 1.